The Morgan fingerprint density at radius 2 is 1.73 bits per heavy atom. The number of benzene rings is 2. The van der Waals surface area contributed by atoms with E-state index in [-0.39, 0.29) is 56.3 Å². The van der Waals surface area contributed by atoms with Gasteiger partial charge in [0.25, 0.3) is 5.91 Å². The molecular formula is C29H36BF3N6O5. The van der Waals surface area contributed by atoms with Gasteiger partial charge in [0.2, 0.25) is 11.8 Å². The highest BCUT2D eigenvalue weighted by Crippen LogP contribution is 2.29. The van der Waals surface area contributed by atoms with Crippen molar-refractivity contribution >= 4 is 41.7 Å². The van der Waals surface area contributed by atoms with E-state index in [1.165, 1.54) is 12.1 Å². The summed E-state index contributed by atoms with van der Waals surface area (Å²) in [5.41, 5.74) is 12.8. The molecule has 1 unspecified atom stereocenters. The molecule has 15 heteroatoms. The molecule has 4 atom stereocenters. The molecule has 0 aromatic heterocycles. The lowest BCUT2D eigenvalue weighted by Gasteiger charge is -2.31. The summed E-state index contributed by atoms with van der Waals surface area (Å²) in [6.45, 7) is 0.221. The molecule has 236 valence electrons. The minimum Gasteiger partial charge on any atom is -0.423 e. The van der Waals surface area contributed by atoms with Crippen LogP contribution in [0.1, 0.15) is 55.2 Å². The highest BCUT2D eigenvalue weighted by atomic mass is 19.4. The van der Waals surface area contributed by atoms with Crippen LogP contribution >= 0.6 is 0 Å². The van der Waals surface area contributed by atoms with Gasteiger partial charge in [-0.25, -0.2) is 0 Å². The van der Waals surface area contributed by atoms with Gasteiger partial charge in [-0.3, -0.25) is 19.8 Å². The molecular weight excluding hydrogens is 580 g/mol. The van der Waals surface area contributed by atoms with Gasteiger partial charge in [0.1, 0.15) is 6.04 Å². The van der Waals surface area contributed by atoms with Crippen molar-refractivity contribution in [2.24, 2.45) is 11.5 Å². The molecule has 2 aromatic rings. The molecule has 0 spiro atoms. The van der Waals surface area contributed by atoms with Crippen molar-refractivity contribution in [1.29, 1.82) is 5.41 Å². The molecule has 3 amide bonds. The van der Waals surface area contributed by atoms with Crippen LogP contribution in [0.5, 0.6) is 0 Å². The number of rotatable bonds is 11. The fraction of sp³-hybridized carbons (Fsp3) is 0.448. The second kappa shape index (κ2) is 14.3. The Hall–Kier alpha value is -3.79. The molecule has 1 saturated carbocycles. The summed E-state index contributed by atoms with van der Waals surface area (Å²) in [5, 5.41) is 26.2. The van der Waals surface area contributed by atoms with Crippen molar-refractivity contribution in [2.75, 3.05) is 5.32 Å². The second-order valence-corrected chi connectivity index (χ2v) is 11.3. The molecule has 1 fully saturated rings. The Balaban J connectivity index is 1.37. The minimum absolute atomic E-state index is 0.00950. The minimum atomic E-state index is -4.49. The van der Waals surface area contributed by atoms with Crippen LogP contribution in [-0.4, -0.2) is 59.7 Å². The topological polar surface area (TPSA) is 193 Å². The van der Waals surface area contributed by atoms with Crippen LogP contribution in [0.15, 0.2) is 42.5 Å². The number of fused-ring (bicyclic) bond motifs is 1. The van der Waals surface area contributed by atoms with Gasteiger partial charge in [-0.15, -0.1) is 0 Å². The molecule has 0 saturated heterocycles. The van der Waals surface area contributed by atoms with Gasteiger partial charge < -0.3 is 37.1 Å². The van der Waals surface area contributed by atoms with Crippen LogP contribution in [0.2, 0.25) is 0 Å². The van der Waals surface area contributed by atoms with Crippen LogP contribution in [0.3, 0.4) is 0 Å². The summed E-state index contributed by atoms with van der Waals surface area (Å²) in [4.78, 5) is 38.6. The van der Waals surface area contributed by atoms with E-state index in [1.54, 1.807) is 18.2 Å². The number of hydrogen-bond acceptors (Lipinski definition) is 8. The van der Waals surface area contributed by atoms with Gasteiger partial charge in [0.15, 0.2) is 0 Å². The number of nitrogens with one attached hydrogen (secondary N) is 4. The number of carbonyl (C=O) groups is 3. The molecule has 4 rings (SSSR count). The molecule has 11 nitrogen and oxygen atoms in total. The zero-order valence-electron chi connectivity index (χ0n) is 24.0. The normalized spacial score (nSPS) is 20.4. The highest BCUT2D eigenvalue weighted by Gasteiger charge is 2.31. The van der Waals surface area contributed by atoms with Crippen molar-refractivity contribution in [3.63, 3.8) is 0 Å². The Kier molecular flexibility index (Phi) is 10.8. The van der Waals surface area contributed by atoms with Crippen LogP contribution < -0.4 is 32.9 Å². The summed E-state index contributed by atoms with van der Waals surface area (Å²) >= 11 is 0. The lowest BCUT2D eigenvalue weighted by molar-refractivity contribution is -0.137. The van der Waals surface area contributed by atoms with E-state index in [9.17, 15) is 32.6 Å². The van der Waals surface area contributed by atoms with Crippen molar-refractivity contribution < 1.29 is 37.2 Å². The zero-order valence-corrected chi connectivity index (χ0v) is 24.0. The predicted molar refractivity (Wildman–Crippen MR) is 158 cm³/mol. The van der Waals surface area contributed by atoms with E-state index >= 15 is 0 Å². The largest absolute Gasteiger partial charge is 0.491 e. The van der Waals surface area contributed by atoms with Crippen molar-refractivity contribution in [1.82, 2.24) is 10.6 Å². The molecule has 44 heavy (non-hydrogen) atoms. The van der Waals surface area contributed by atoms with E-state index < -0.39 is 42.4 Å². The first kappa shape index (κ1) is 33.1. The predicted octanol–water partition coefficient (Wildman–Crippen LogP) is 1.10. The molecule has 2 aromatic carbocycles. The van der Waals surface area contributed by atoms with E-state index in [0.717, 1.165) is 17.7 Å². The first-order valence-corrected chi connectivity index (χ1v) is 14.4. The van der Waals surface area contributed by atoms with E-state index in [4.69, 9.17) is 21.5 Å². The summed E-state index contributed by atoms with van der Waals surface area (Å²) in [6.07, 6.45) is -2.80. The molecule has 1 aliphatic heterocycles. The van der Waals surface area contributed by atoms with Crippen LogP contribution in [0, 0.1) is 5.41 Å². The number of amides is 3. The fourth-order valence-corrected chi connectivity index (χ4v) is 5.39. The Labute approximate surface area is 252 Å². The fourth-order valence-electron chi connectivity index (χ4n) is 5.39. The Bertz CT molecular complexity index is 1370. The average molecular weight is 616 g/mol. The summed E-state index contributed by atoms with van der Waals surface area (Å²) in [7, 11) is -1.14. The number of nitrogens with two attached hydrogens (primary N) is 2. The molecule has 2 aliphatic rings. The number of aryl methyl sites for hydroxylation is 1. The third-order valence-electron chi connectivity index (χ3n) is 7.72. The van der Waals surface area contributed by atoms with Crippen molar-refractivity contribution in [3.8, 4) is 0 Å². The highest BCUT2D eigenvalue weighted by molar-refractivity contribution is 6.61. The molecule has 0 radical (unpaired) electrons. The van der Waals surface area contributed by atoms with Crippen LogP contribution in [0.25, 0.3) is 0 Å². The van der Waals surface area contributed by atoms with Gasteiger partial charge in [-0.2, -0.15) is 13.2 Å². The third-order valence-corrected chi connectivity index (χ3v) is 7.72. The maximum atomic E-state index is 13.3. The maximum Gasteiger partial charge on any atom is 0.491 e. The average Bonchev–Trinajstić information content (AvgIpc) is 3.32. The van der Waals surface area contributed by atoms with Gasteiger partial charge in [-0.05, 0) is 73.0 Å². The summed E-state index contributed by atoms with van der Waals surface area (Å²) < 4.78 is 44.0. The first-order chi connectivity index (χ1) is 20.8. The van der Waals surface area contributed by atoms with Crippen molar-refractivity contribution in [3.05, 3.63) is 59.2 Å². The lowest BCUT2D eigenvalue weighted by atomic mass is 9.79. The standard InChI is InChI=1S/C29H36BF3N6O5/c31-29(32,33)18-5-1-16(2-6-18)3-9-25(28(42)38-21-7-4-17-15-44-30(43)23(17)14-21)39-27(41)24(36)8-10-26(40)37-22-12-19(34)11-20(35)13-22/h1-2,4-7,14,19-20,22,25,36,43H,3,8-13,15,34-35H2,(H,37,40)(H,38,42)(H,39,41)/t19-,20+,22?,25-/m1/s1. The smallest absolute Gasteiger partial charge is 0.423 e. The number of hydrogen-bond donors (Lipinski definition) is 7. The van der Waals surface area contributed by atoms with Crippen LogP contribution in [-0.2, 0) is 38.2 Å². The van der Waals surface area contributed by atoms with E-state index in [2.05, 4.69) is 16.0 Å². The zero-order chi connectivity index (χ0) is 32.0. The van der Waals surface area contributed by atoms with Gasteiger partial charge in [-0.1, -0.05) is 18.2 Å². The number of anilines is 1. The van der Waals surface area contributed by atoms with Gasteiger partial charge in [0.05, 0.1) is 17.9 Å². The number of alkyl halides is 3. The second-order valence-electron chi connectivity index (χ2n) is 11.3. The molecule has 0 bridgehead atoms. The van der Waals surface area contributed by atoms with E-state index in [0.29, 0.717) is 36.0 Å². The number of halogens is 3. The summed E-state index contributed by atoms with van der Waals surface area (Å²) in [5.74, 6) is -1.84. The van der Waals surface area contributed by atoms with Crippen molar-refractivity contribution in [2.45, 2.75) is 81.9 Å². The van der Waals surface area contributed by atoms with Gasteiger partial charge in [0, 0.05) is 36.7 Å². The Morgan fingerprint density at radius 1 is 1.05 bits per heavy atom. The SMILES string of the molecule is N=C(CCC(=O)NC1C[C@@H](N)C[C@@H](N)C1)C(=O)N[C@H](CCc1ccc(C(F)(F)F)cc1)C(=O)Nc1ccc2c(c1)B(O)OC2. The molecule has 1 aliphatic carbocycles. The maximum absolute atomic E-state index is 13.3. The quantitative estimate of drug-likeness (QED) is 0.145. The third kappa shape index (κ3) is 9.11. The first-order valence-electron chi connectivity index (χ1n) is 14.4. The molecule has 9 N–H and O–H groups in total. The number of carbonyl (C=O) groups excluding carboxylic acids is 3. The summed E-state index contributed by atoms with van der Waals surface area (Å²) in [6, 6.07) is 7.74. The van der Waals surface area contributed by atoms with Gasteiger partial charge >= 0.3 is 13.3 Å². The lowest BCUT2D eigenvalue weighted by Crippen LogP contribution is -2.49. The monoisotopic (exact) mass is 616 g/mol. The molecule has 1 heterocycles. The van der Waals surface area contributed by atoms with Crippen LogP contribution in [0.4, 0.5) is 18.9 Å². The van der Waals surface area contributed by atoms with E-state index in [1.807, 2.05) is 0 Å². The Morgan fingerprint density at radius 3 is 2.39 bits per heavy atom.